The van der Waals surface area contributed by atoms with Crippen LogP contribution in [-0.4, -0.2) is 13.9 Å². The molecular formula is C25H30OSi. The lowest BCUT2D eigenvalue weighted by molar-refractivity contribution is -0.118. The molecule has 27 heavy (non-hydrogen) atoms. The first-order chi connectivity index (χ1) is 12.9. The Morgan fingerprint density at radius 2 is 1.44 bits per heavy atom. The fraction of sp³-hybridized carbons (Fsp3) is 0.400. The molecular weight excluding hydrogens is 344 g/mol. The number of rotatable bonds is 3. The summed E-state index contributed by atoms with van der Waals surface area (Å²) in [6.07, 6.45) is 4.55. The molecule has 0 bridgehead atoms. The first kappa shape index (κ1) is 18.4. The molecule has 2 atom stereocenters. The first-order valence-corrected chi connectivity index (χ1v) is 12.4. The maximum absolute atomic E-state index is 13.2. The van der Waals surface area contributed by atoms with Gasteiger partial charge in [0.1, 0.15) is 8.07 Å². The van der Waals surface area contributed by atoms with Crippen molar-refractivity contribution in [2.45, 2.75) is 51.5 Å². The quantitative estimate of drug-likeness (QED) is 0.551. The van der Waals surface area contributed by atoms with Gasteiger partial charge in [0.05, 0.1) is 0 Å². The lowest BCUT2D eigenvalue weighted by Gasteiger charge is -2.42. The van der Waals surface area contributed by atoms with Crippen LogP contribution in [0.4, 0.5) is 0 Å². The lowest BCUT2D eigenvalue weighted by atomic mass is 10.0. The number of carbonyl (C=O) groups excluding carboxylic acids is 1. The maximum Gasteiger partial charge on any atom is 0.161 e. The molecule has 0 amide bonds. The molecule has 4 rings (SSSR count). The number of Topliss-reactive ketones (excluding diaryl/α,β-unsaturated/α-hetero) is 1. The van der Waals surface area contributed by atoms with Crippen molar-refractivity contribution >= 4 is 24.2 Å². The Morgan fingerprint density at radius 1 is 0.889 bits per heavy atom. The second-order valence-electron chi connectivity index (χ2n) is 9.33. The number of carbonyl (C=O) groups is 1. The summed E-state index contributed by atoms with van der Waals surface area (Å²) in [4.78, 5) is 13.2. The van der Waals surface area contributed by atoms with Gasteiger partial charge in [-0.3, -0.25) is 4.79 Å². The van der Waals surface area contributed by atoms with Gasteiger partial charge in [0.15, 0.2) is 5.78 Å². The molecule has 2 heteroatoms. The Bertz CT molecular complexity index is 805. The van der Waals surface area contributed by atoms with E-state index in [9.17, 15) is 4.79 Å². The molecule has 0 saturated heterocycles. The van der Waals surface area contributed by atoms with Crippen LogP contribution in [0.15, 0.2) is 71.9 Å². The van der Waals surface area contributed by atoms with E-state index >= 15 is 0 Å². The van der Waals surface area contributed by atoms with Gasteiger partial charge in [-0.2, -0.15) is 0 Å². The summed E-state index contributed by atoms with van der Waals surface area (Å²) in [5.74, 6) is 1.35. The predicted molar refractivity (Wildman–Crippen MR) is 116 cm³/mol. The molecule has 0 aliphatic heterocycles. The van der Waals surface area contributed by atoms with Crippen LogP contribution in [0.2, 0.25) is 5.04 Å². The third kappa shape index (κ3) is 3.04. The Labute approximate surface area is 164 Å². The van der Waals surface area contributed by atoms with Crippen molar-refractivity contribution in [3.8, 4) is 0 Å². The summed E-state index contributed by atoms with van der Waals surface area (Å²) in [5.41, 5.74) is 3.61. The highest BCUT2D eigenvalue weighted by Gasteiger charge is 2.49. The van der Waals surface area contributed by atoms with Gasteiger partial charge < -0.3 is 0 Å². The number of fused-ring (bicyclic) bond motifs is 1. The first-order valence-electron chi connectivity index (χ1n) is 10.3. The van der Waals surface area contributed by atoms with E-state index in [1.165, 1.54) is 23.2 Å². The van der Waals surface area contributed by atoms with Crippen molar-refractivity contribution in [2.75, 3.05) is 0 Å². The summed E-state index contributed by atoms with van der Waals surface area (Å²) in [6.45, 7) is 7.07. The molecule has 2 fully saturated rings. The van der Waals surface area contributed by atoms with E-state index in [-0.39, 0.29) is 5.04 Å². The summed E-state index contributed by atoms with van der Waals surface area (Å²) in [7, 11) is -2.29. The highest BCUT2D eigenvalue weighted by atomic mass is 28.3. The molecule has 2 aromatic rings. The minimum atomic E-state index is -2.29. The maximum atomic E-state index is 13.2. The van der Waals surface area contributed by atoms with Crippen molar-refractivity contribution in [3.63, 3.8) is 0 Å². The molecule has 0 unspecified atom stereocenters. The lowest BCUT2D eigenvalue weighted by Crippen LogP contribution is -2.63. The Kier molecular flexibility index (Phi) is 4.71. The van der Waals surface area contributed by atoms with Crippen molar-refractivity contribution in [1.29, 1.82) is 0 Å². The van der Waals surface area contributed by atoms with E-state index in [1.54, 1.807) is 0 Å². The summed E-state index contributed by atoms with van der Waals surface area (Å²) in [6, 6.07) is 21.9. The monoisotopic (exact) mass is 374 g/mol. The topological polar surface area (TPSA) is 17.1 Å². The standard InChI is InChI=1S/C25H30OSi/c1-25(2,3)27(21-12-6-4-7-13-21,22-14-8-5-9-15-22)18-20-17-19-11-10-16-23(19)24(20)26/h4-9,12-15,18-19,23H,10-11,16-17H2,1-3H3/b20-18+/t19-,23-/m0/s1. The molecule has 1 nitrogen and oxygen atoms in total. The van der Waals surface area contributed by atoms with E-state index in [0.29, 0.717) is 17.6 Å². The van der Waals surface area contributed by atoms with Gasteiger partial charge in [0.2, 0.25) is 0 Å². The molecule has 0 spiro atoms. The molecule has 2 aliphatic rings. The van der Waals surface area contributed by atoms with Crippen molar-refractivity contribution in [1.82, 2.24) is 0 Å². The van der Waals surface area contributed by atoms with Gasteiger partial charge in [-0.15, -0.1) is 0 Å². The van der Waals surface area contributed by atoms with Crippen molar-refractivity contribution in [2.24, 2.45) is 11.8 Å². The van der Waals surface area contributed by atoms with Crippen LogP contribution in [0.25, 0.3) is 0 Å². The van der Waals surface area contributed by atoms with Crippen LogP contribution >= 0.6 is 0 Å². The average Bonchev–Trinajstić information content (AvgIpc) is 3.23. The molecule has 0 heterocycles. The van der Waals surface area contributed by atoms with E-state index in [4.69, 9.17) is 0 Å². The average molecular weight is 375 g/mol. The minimum absolute atomic E-state index is 0.0701. The minimum Gasteiger partial charge on any atom is -0.294 e. The zero-order chi connectivity index (χ0) is 19.1. The summed E-state index contributed by atoms with van der Waals surface area (Å²) in [5, 5.41) is 2.88. The normalized spacial score (nSPS) is 24.4. The number of hydrogen-bond donors (Lipinski definition) is 0. The fourth-order valence-electron chi connectivity index (χ4n) is 5.46. The second kappa shape index (κ2) is 6.90. The Hall–Kier alpha value is -1.93. The molecule has 0 N–H and O–H groups in total. The van der Waals surface area contributed by atoms with E-state index in [2.05, 4.69) is 87.1 Å². The number of hydrogen-bond acceptors (Lipinski definition) is 1. The zero-order valence-corrected chi connectivity index (χ0v) is 17.7. The second-order valence-corrected chi connectivity index (χ2v) is 13.9. The summed E-state index contributed by atoms with van der Waals surface area (Å²) >= 11 is 0. The smallest absolute Gasteiger partial charge is 0.161 e. The molecule has 0 radical (unpaired) electrons. The van der Waals surface area contributed by atoms with E-state index in [0.717, 1.165) is 18.4 Å². The van der Waals surface area contributed by atoms with Crippen LogP contribution in [0, 0.1) is 11.8 Å². The van der Waals surface area contributed by atoms with Gasteiger partial charge >= 0.3 is 0 Å². The molecule has 2 aliphatic carbocycles. The fourth-order valence-corrected chi connectivity index (χ4v) is 10.5. The third-order valence-electron chi connectivity index (χ3n) is 6.83. The van der Waals surface area contributed by atoms with E-state index < -0.39 is 8.07 Å². The van der Waals surface area contributed by atoms with Gasteiger partial charge in [-0.25, -0.2) is 0 Å². The van der Waals surface area contributed by atoms with Crippen LogP contribution in [0.5, 0.6) is 0 Å². The Balaban J connectivity index is 1.94. The van der Waals surface area contributed by atoms with Crippen LogP contribution in [0.3, 0.4) is 0 Å². The molecule has 140 valence electrons. The highest BCUT2D eigenvalue weighted by molar-refractivity contribution is 7.08. The van der Waals surface area contributed by atoms with Crippen molar-refractivity contribution in [3.05, 3.63) is 71.9 Å². The highest BCUT2D eigenvalue weighted by Crippen LogP contribution is 2.46. The van der Waals surface area contributed by atoms with Crippen LogP contribution in [-0.2, 0) is 4.79 Å². The Morgan fingerprint density at radius 3 is 1.93 bits per heavy atom. The van der Waals surface area contributed by atoms with Gasteiger partial charge in [0.25, 0.3) is 0 Å². The molecule has 2 aromatic carbocycles. The van der Waals surface area contributed by atoms with Crippen LogP contribution in [0.1, 0.15) is 46.5 Å². The van der Waals surface area contributed by atoms with Crippen LogP contribution < -0.4 is 10.4 Å². The largest absolute Gasteiger partial charge is 0.294 e. The number of allylic oxidation sites excluding steroid dienone is 1. The van der Waals surface area contributed by atoms with Gasteiger partial charge in [0, 0.05) is 5.92 Å². The molecule has 2 saturated carbocycles. The SMILES string of the molecule is CC(C)(C)[Si](/C=C1\C[C@@H]2CCC[C@@H]2C1=O)(c1ccccc1)c1ccccc1. The van der Waals surface area contributed by atoms with Crippen molar-refractivity contribution < 1.29 is 4.79 Å². The summed E-state index contributed by atoms with van der Waals surface area (Å²) < 4.78 is 0. The number of ketones is 1. The van der Waals surface area contributed by atoms with Gasteiger partial charge in [-0.05, 0) is 46.2 Å². The number of benzene rings is 2. The van der Waals surface area contributed by atoms with E-state index in [1.807, 2.05) is 0 Å². The third-order valence-corrected chi connectivity index (χ3v) is 12.5. The predicted octanol–water partition coefficient (Wildman–Crippen LogP) is 4.90. The zero-order valence-electron chi connectivity index (χ0n) is 16.7. The van der Waals surface area contributed by atoms with Gasteiger partial charge in [-0.1, -0.05) is 93.6 Å². The molecule has 0 aromatic heterocycles.